The number of imidazole rings is 1. The van der Waals surface area contributed by atoms with Crippen molar-refractivity contribution in [2.24, 2.45) is 13.0 Å². The molecule has 0 spiro atoms. The van der Waals surface area contributed by atoms with Crippen LogP contribution in [0.1, 0.15) is 39.5 Å². The molecule has 0 unspecified atom stereocenters. The Morgan fingerprint density at radius 2 is 1.55 bits per heavy atom. The van der Waals surface area contributed by atoms with E-state index < -0.39 is 23.4 Å². The lowest BCUT2D eigenvalue weighted by atomic mass is 9.94. The number of morpholine rings is 1. The minimum atomic E-state index is -1.16. The molecule has 0 saturated carbocycles. The summed E-state index contributed by atoms with van der Waals surface area (Å²) in [6, 6.07) is 10.8. The van der Waals surface area contributed by atoms with Crippen LogP contribution in [0.5, 0.6) is 0 Å². The number of nitrogens with one attached hydrogen (secondary N) is 2. The van der Waals surface area contributed by atoms with Crippen LogP contribution in [0.15, 0.2) is 54.9 Å². The van der Waals surface area contributed by atoms with Gasteiger partial charge in [-0.25, -0.2) is 13.8 Å². The molecule has 6 heterocycles. The number of piperazine rings is 1. The van der Waals surface area contributed by atoms with Gasteiger partial charge in [-0.2, -0.15) is 5.10 Å². The zero-order valence-corrected chi connectivity index (χ0v) is 36.9. The Hall–Kier alpha value is -6.31. The van der Waals surface area contributed by atoms with Crippen LogP contribution in [0.2, 0.25) is 5.02 Å². The van der Waals surface area contributed by atoms with E-state index in [0.717, 1.165) is 30.4 Å². The van der Waals surface area contributed by atoms with Gasteiger partial charge in [0.05, 0.1) is 68.6 Å². The smallest absolute Gasteiger partial charge is 0.291 e. The standard InChI is InChI=1S/C44H49ClF2N12O5/c1-27-33(25-58(53-27)26-38(60)50-36-9-10-37(52-51-36)55-17-21-64-22-18-55)30-7-8-32(40(47)39(30)46)35-24-48-41(54(35)2)42(61)49-29-5-6-31(34(45)23-29)44(63)57-15-13-56(14-16-57)43(62)28-11-19-59(3,4)20-12-28/h5-10,23-25,28H,11-22,26H2,1-4H3,(H-,49,50,51,60,61,63)/p+1. The molecule has 336 valence electrons. The zero-order valence-electron chi connectivity index (χ0n) is 36.1. The Bertz CT molecular complexity index is 2580. The molecule has 17 nitrogen and oxygen atoms in total. The van der Waals surface area contributed by atoms with Crippen molar-refractivity contribution in [3.8, 4) is 22.4 Å². The molecular formula is C44H50ClF2N12O5+. The number of hydrogen-bond donors (Lipinski definition) is 2. The number of anilines is 3. The van der Waals surface area contributed by atoms with Crippen molar-refractivity contribution >= 4 is 52.6 Å². The highest BCUT2D eigenvalue weighted by atomic mass is 35.5. The summed E-state index contributed by atoms with van der Waals surface area (Å²) in [5, 5.41) is 18.2. The SMILES string of the molecule is Cc1nn(CC(=O)Nc2ccc(N3CCOCC3)nn2)cc1-c1ccc(-c2cnc(C(=O)Nc3ccc(C(=O)N4CCN(C(=O)C5CC[N+](C)(C)CC5)CC4)c(Cl)c3)n2C)c(F)c1F. The second-order valence-corrected chi connectivity index (χ2v) is 17.4. The highest BCUT2D eigenvalue weighted by Crippen LogP contribution is 2.33. The van der Waals surface area contributed by atoms with E-state index in [4.69, 9.17) is 16.3 Å². The molecule has 4 amide bonds. The summed E-state index contributed by atoms with van der Waals surface area (Å²) in [4.78, 5) is 62.7. The molecular weight excluding hydrogens is 850 g/mol. The van der Waals surface area contributed by atoms with Crippen LogP contribution >= 0.6 is 11.6 Å². The Morgan fingerprint density at radius 3 is 2.23 bits per heavy atom. The molecule has 20 heteroatoms. The van der Waals surface area contributed by atoms with Gasteiger partial charge in [0.25, 0.3) is 11.8 Å². The van der Waals surface area contributed by atoms with Gasteiger partial charge in [-0.05, 0) is 43.3 Å². The maximum absolute atomic E-state index is 15.9. The molecule has 0 radical (unpaired) electrons. The van der Waals surface area contributed by atoms with Crippen molar-refractivity contribution in [1.29, 1.82) is 0 Å². The third-order valence-corrected chi connectivity index (χ3v) is 12.5. The number of rotatable bonds is 10. The summed E-state index contributed by atoms with van der Waals surface area (Å²) in [6.45, 7) is 7.61. The van der Waals surface area contributed by atoms with Crippen LogP contribution in [0.3, 0.4) is 0 Å². The summed E-state index contributed by atoms with van der Waals surface area (Å²) in [6.07, 6.45) is 4.46. The summed E-state index contributed by atoms with van der Waals surface area (Å²) in [5.74, 6) is -2.64. The fourth-order valence-corrected chi connectivity index (χ4v) is 8.66. The highest BCUT2D eigenvalue weighted by Gasteiger charge is 2.35. The second-order valence-electron chi connectivity index (χ2n) is 17.0. The molecule has 3 aliphatic heterocycles. The summed E-state index contributed by atoms with van der Waals surface area (Å²) in [5.41, 5.74) is 1.16. The van der Waals surface area contributed by atoms with E-state index in [2.05, 4.69) is 45.0 Å². The van der Waals surface area contributed by atoms with Crippen molar-refractivity contribution in [3.63, 3.8) is 0 Å². The number of aromatic nitrogens is 6. The number of piperidine rings is 1. The fraction of sp³-hybridized carbons (Fsp3) is 0.409. The van der Waals surface area contributed by atoms with Crippen LogP contribution < -0.4 is 15.5 Å². The quantitative estimate of drug-likeness (QED) is 0.191. The number of ether oxygens (including phenoxy) is 1. The number of carbonyl (C=O) groups is 4. The minimum Gasteiger partial charge on any atom is -0.378 e. The molecule has 3 fully saturated rings. The monoisotopic (exact) mass is 899 g/mol. The van der Waals surface area contributed by atoms with Crippen LogP contribution in [0.4, 0.5) is 26.1 Å². The number of amides is 4. The van der Waals surface area contributed by atoms with Gasteiger partial charge in [-0.15, -0.1) is 10.2 Å². The van der Waals surface area contributed by atoms with Gasteiger partial charge in [0.15, 0.2) is 29.1 Å². The first-order chi connectivity index (χ1) is 30.7. The number of benzene rings is 2. The largest absolute Gasteiger partial charge is 0.378 e. The Balaban J connectivity index is 0.870. The number of hydrogen-bond acceptors (Lipinski definition) is 10. The van der Waals surface area contributed by atoms with E-state index in [-0.39, 0.29) is 68.9 Å². The van der Waals surface area contributed by atoms with E-state index in [0.29, 0.717) is 69.7 Å². The Morgan fingerprint density at radius 1 is 0.859 bits per heavy atom. The maximum atomic E-state index is 15.9. The summed E-state index contributed by atoms with van der Waals surface area (Å²) < 4.78 is 40.6. The molecule has 2 N–H and O–H groups in total. The van der Waals surface area contributed by atoms with E-state index >= 15 is 8.78 Å². The molecule has 5 aromatic rings. The van der Waals surface area contributed by atoms with Gasteiger partial charge in [-0.1, -0.05) is 17.7 Å². The molecule has 2 aromatic carbocycles. The average molecular weight is 900 g/mol. The molecule has 8 rings (SSSR count). The van der Waals surface area contributed by atoms with Crippen molar-refractivity contribution < 1.29 is 37.2 Å². The molecule has 0 aliphatic carbocycles. The number of carbonyl (C=O) groups excluding carboxylic acids is 4. The third-order valence-electron chi connectivity index (χ3n) is 12.2. The van der Waals surface area contributed by atoms with Crippen LogP contribution in [-0.4, -0.2) is 147 Å². The van der Waals surface area contributed by atoms with E-state index in [1.165, 1.54) is 53.0 Å². The first kappa shape index (κ1) is 44.3. The van der Waals surface area contributed by atoms with Gasteiger partial charge >= 0.3 is 0 Å². The summed E-state index contributed by atoms with van der Waals surface area (Å²) >= 11 is 6.58. The number of quaternary nitrogens is 1. The van der Waals surface area contributed by atoms with Gasteiger partial charge in [-0.3, -0.25) is 23.9 Å². The average Bonchev–Trinajstić information content (AvgIpc) is 3.85. The number of nitrogens with zero attached hydrogens (tertiary/aromatic N) is 10. The topological polar surface area (TPSA) is 173 Å². The Labute approximate surface area is 373 Å². The van der Waals surface area contributed by atoms with E-state index in [1.54, 1.807) is 30.0 Å². The number of halogens is 3. The normalized spacial score (nSPS) is 16.8. The van der Waals surface area contributed by atoms with Gasteiger partial charge < -0.3 is 39.1 Å². The molecule has 0 bridgehead atoms. The molecule has 0 atom stereocenters. The zero-order chi connectivity index (χ0) is 45.3. The van der Waals surface area contributed by atoms with Crippen LogP contribution in [-0.2, 0) is 27.9 Å². The van der Waals surface area contributed by atoms with Gasteiger partial charge in [0.1, 0.15) is 6.54 Å². The Kier molecular flexibility index (Phi) is 12.8. The lowest BCUT2D eigenvalue weighted by Crippen LogP contribution is -2.54. The predicted octanol–water partition coefficient (Wildman–Crippen LogP) is 4.48. The summed E-state index contributed by atoms with van der Waals surface area (Å²) in [7, 11) is 5.87. The fourth-order valence-electron chi connectivity index (χ4n) is 8.40. The molecule has 64 heavy (non-hydrogen) atoms. The molecule has 3 aliphatic rings. The first-order valence-electron chi connectivity index (χ1n) is 21.2. The highest BCUT2D eigenvalue weighted by molar-refractivity contribution is 6.34. The predicted molar refractivity (Wildman–Crippen MR) is 235 cm³/mol. The second kappa shape index (κ2) is 18.4. The van der Waals surface area contributed by atoms with Crippen molar-refractivity contribution in [2.75, 3.05) is 95.2 Å². The van der Waals surface area contributed by atoms with Crippen LogP contribution in [0, 0.1) is 24.5 Å². The first-order valence-corrected chi connectivity index (χ1v) is 21.6. The number of likely N-dealkylation sites (tertiary alicyclic amines) is 1. The van der Waals surface area contributed by atoms with Crippen molar-refractivity contribution in [3.05, 3.63) is 88.6 Å². The van der Waals surface area contributed by atoms with Crippen molar-refractivity contribution in [2.45, 2.75) is 26.3 Å². The number of aryl methyl sites for hydroxylation is 1. The van der Waals surface area contributed by atoms with E-state index in [1.807, 2.05) is 9.80 Å². The van der Waals surface area contributed by atoms with Gasteiger partial charge in [0, 0.05) is 93.7 Å². The lowest BCUT2D eigenvalue weighted by molar-refractivity contribution is -0.895. The van der Waals surface area contributed by atoms with Crippen molar-refractivity contribution in [1.82, 2.24) is 39.3 Å². The van der Waals surface area contributed by atoms with E-state index in [9.17, 15) is 19.2 Å². The minimum absolute atomic E-state index is 0.0230. The third kappa shape index (κ3) is 9.46. The molecule has 3 saturated heterocycles. The van der Waals surface area contributed by atoms with Gasteiger partial charge in [0.2, 0.25) is 11.8 Å². The maximum Gasteiger partial charge on any atom is 0.291 e. The van der Waals surface area contributed by atoms with Crippen LogP contribution in [0.25, 0.3) is 22.4 Å². The lowest BCUT2D eigenvalue weighted by Gasteiger charge is -2.40. The molecule has 3 aromatic heterocycles.